The van der Waals surface area contributed by atoms with Gasteiger partial charge in [0.2, 0.25) is 0 Å². The van der Waals surface area contributed by atoms with Gasteiger partial charge in [-0.1, -0.05) is 135 Å². The van der Waals surface area contributed by atoms with Gasteiger partial charge in [0.25, 0.3) is 0 Å². The highest BCUT2D eigenvalue weighted by Crippen LogP contribution is 2.43. The molecule has 0 aromatic rings. The second-order valence-corrected chi connectivity index (χ2v) is 13.8. The molecular weight excluding hydrogens is 713 g/mol. The van der Waals surface area contributed by atoms with Gasteiger partial charge in [-0.05, 0) is 89.9 Å². The fraction of sp³-hybridized carbons (Fsp3) is 0.511. The van der Waals surface area contributed by atoms with Crippen molar-refractivity contribution in [3.8, 4) is 0 Å². The van der Waals surface area contributed by atoms with Crippen molar-refractivity contribution in [1.29, 1.82) is 0 Å². The summed E-state index contributed by atoms with van der Waals surface area (Å²) in [6, 6.07) is 0. The molecule has 0 aliphatic carbocycles. The number of hydrogen-bond donors (Lipinski definition) is 2. The zero-order valence-electron chi connectivity index (χ0n) is 33.6. The van der Waals surface area contributed by atoms with Gasteiger partial charge in [-0.3, -0.25) is 18.6 Å². The summed E-state index contributed by atoms with van der Waals surface area (Å²) < 4.78 is 32.6. The predicted molar refractivity (Wildman–Crippen MR) is 228 cm³/mol. The molecule has 0 aliphatic heterocycles. The van der Waals surface area contributed by atoms with Gasteiger partial charge in [-0.15, -0.1) is 0 Å². The third kappa shape index (κ3) is 39.9. The molecule has 0 saturated heterocycles. The van der Waals surface area contributed by atoms with E-state index in [9.17, 15) is 19.0 Å². The molecule has 0 fully saturated rings. The van der Waals surface area contributed by atoms with Crippen LogP contribution in [0.3, 0.4) is 0 Å². The second kappa shape index (κ2) is 40.1. The molecule has 2 atom stereocenters. The predicted octanol–water partition coefficient (Wildman–Crippen LogP) is 11.4. The average molecular weight is 784 g/mol. The van der Waals surface area contributed by atoms with Gasteiger partial charge >= 0.3 is 19.8 Å². The fourth-order valence-electron chi connectivity index (χ4n) is 4.47. The highest BCUT2D eigenvalue weighted by atomic mass is 31.2. The lowest BCUT2D eigenvalue weighted by Crippen LogP contribution is -2.29. The zero-order chi connectivity index (χ0) is 40.3. The Morgan fingerprint density at radius 1 is 0.545 bits per heavy atom. The summed E-state index contributed by atoms with van der Waals surface area (Å²) in [6.07, 6.45) is 53.9. The standard InChI is InChI=1S/C45H70NO8P/c1-3-5-7-9-11-13-15-17-19-20-21-22-24-25-27-29-31-33-35-37-44(47)51-41-43(42-53-55(49,50)52-40-39-46)54-45(48)38-36-34-32-30-28-26-23-18-16-14-12-10-8-6-4-2/h5-8,11-14,17-19,21-23,25,27-28,30-31,33,43H,3-4,9-10,15-16,20,24,26,29,32,34-42,46H2,1-2H3,(H,49,50). The molecule has 10 heteroatoms. The number of esters is 2. The molecule has 0 heterocycles. The Hall–Kier alpha value is -3.59. The van der Waals surface area contributed by atoms with E-state index in [1.165, 1.54) is 0 Å². The maximum Gasteiger partial charge on any atom is 0.472 e. The second-order valence-electron chi connectivity index (χ2n) is 12.4. The minimum Gasteiger partial charge on any atom is -0.462 e. The van der Waals surface area contributed by atoms with Crippen LogP contribution in [0.5, 0.6) is 0 Å². The summed E-state index contributed by atoms with van der Waals surface area (Å²) in [7, 11) is -4.41. The van der Waals surface area contributed by atoms with E-state index in [4.69, 9.17) is 24.3 Å². The minimum absolute atomic E-state index is 0.0294. The summed E-state index contributed by atoms with van der Waals surface area (Å²) in [5, 5.41) is 0. The first-order valence-electron chi connectivity index (χ1n) is 20.0. The van der Waals surface area contributed by atoms with Crippen molar-refractivity contribution in [1.82, 2.24) is 0 Å². The van der Waals surface area contributed by atoms with Gasteiger partial charge in [-0.2, -0.15) is 0 Å². The van der Waals surface area contributed by atoms with E-state index in [1.54, 1.807) is 0 Å². The quantitative estimate of drug-likeness (QED) is 0.0279. The Bertz CT molecular complexity index is 1310. The van der Waals surface area contributed by atoms with Gasteiger partial charge in [0, 0.05) is 19.4 Å². The van der Waals surface area contributed by atoms with Crippen molar-refractivity contribution in [2.45, 2.75) is 123 Å². The molecule has 0 saturated carbocycles. The van der Waals surface area contributed by atoms with E-state index >= 15 is 0 Å². The van der Waals surface area contributed by atoms with Crippen molar-refractivity contribution in [2.75, 3.05) is 26.4 Å². The van der Waals surface area contributed by atoms with Gasteiger partial charge in [0.1, 0.15) is 6.61 Å². The van der Waals surface area contributed by atoms with E-state index in [-0.39, 0.29) is 32.6 Å². The highest BCUT2D eigenvalue weighted by molar-refractivity contribution is 7.47. The smallest absolute Gasteiger partial charge is 0.462 e. The number of ether oxygens (including phenoxy) is 2. The molecule has 0 rings (SSSR count). The lowest BCUT2D eigenvalue weighted by Gasteiger charge is -2.19. The Morgan fingerprint density at radius 2 is 0.964 bits per heavy atom. The molecule has 3 N–H and O–H groups in total. The SMILES string of the molecule is CCC=CCC=CCC=CCC=CCC=CCC=CCCC(=O)OCC(COP(=O)(O)OCCN)OC(=O)CCCCC=CCC=CCC=CCC=CCC. The summed E-state index contributed by atoms with van der Waals surface area (Å²) in [4.78, 5) is 34.7. The normalized spacial score (nSPS) is 14.6. The Kier molecular flexibility index (Phi) is 37.5. The third-order valence-corrected chi connectivity index (χ3v) is 8.34. The molecule has 0 spiro atoms. The van der Waals surface area contributed by atoms with Crippen molar-refractivity contribution in [2.24, 2.45) is 5.73 Å². The first kappa shape index (κ1) is 51.4. The van der Waals surface area contributed by atoms with E-state index in [0.717, 1.165) is 77.0 Å². The first-order chi connectivity index (χ1) is 26.8. The maximum absolute atomic E-state index is 12.5. The average Bonchev–Trinajstić information content (AvgIpc) is 3.17. The molecule has 0 aliphatic rings. The summed E-state index contributed by atoms with van der Waals surface area (Å²) in [5.74, 6) is -0.992. The summed E-state index contributed by atoms with van der Waals surface area (Å²) in [5.41, 5.74) is 5.33. The fourth-order valence-corrected chi connectivity index (χ4v) is 5.24. The largest absolute Gasteiger partial charge is 0.472 e. The van der Waals surface area contributed by atoms with Crippen LogP contribution in [0.2, 0.25) is 0 Å². The van der Waals surface area contributed by atoms with E-state index < -0.39 is 32.5 Å². The molecule has 0 aromatic heterocycles. The molecule has 55 heavy (non-hydrogen) atoms. The molecule has 308 valence electrons. The van der Waals surface area contributed by atoms with Gasteiger partial charge in [0.15, 0.2) is 6.10 Å². The third-order valence-electron chi connectivity index (χ3n) is 7.36. The molecular formula is C45H70NO8P. The van der Waals surface area contributed by atoms with Crippen molar-refractivity contribution >= 4 is 19.8 Å². The number of hydrogen-bond acceptors (Lipinski definition) is 8. The molecule has 0 amide bonds. The highest BCUT2D eigenvalue weighted by Gasteiger charge is 2.25. The Balaban J connectivity index is 4.42. The van der Waals surface area contributed by atoms with Crippen LogP contribution in [0.25, 0.3) is 0 Å². The van der Waals surface area contributed by atoms with Crippen LogP contribution in [0.1, 0.15) is 117 Å². The molecule has 9 nitrogen and oxygen atoms in total. The van der Waals surface area contributed by atoms with Crippen LogP contribution < -0.4 is 5.73 Å². The Labute approximate surface area is 332 Å². The lowest BCUT2D eigenvalue weighted by molar-refractivity contribution is -0.161. The number of allylic oxidation sites excluding steroid dienone is 20. The molecule has 0 aromatic carbocycles. The van der Waals surface area contributed by atoms with Gasteiger partial charge in [0.05, 0.1) is 13.2 Å². The van der Waals surface area contributed by atoms with E-state index in [1.807, 2.05) is 12.2 Å². The number of unbranched alkanes of at least 4 members (excludes halogenated alkanes) is 2. The number of phosphoric ester groups is 1. The molecule has 0 bridgehead atoms. The van der Waals surface area contributed by atoms with Crippen molar-refractivity contribution in [3.05, 3.63) is 122 Å². The summed E-state index contributed by atoms with van der Waals surface area (Å²) >= 11 is 0. The number of carbonyl (C=O) groups is 2. The van der Waals surface area contributed by atoms with Gasteiger partial charge in [-0.25, -0.2) is 4.57 Å². The minimum atomic E-state index is -4.41. The monoisotopic (exact) mass is 783 g/mol. The maximum atomic E-state index is 12.5. The number of rotatable bonds is 35. The van der Waals surface area contributed by atoms with Crippen LogP contribution in [0.4, 0.5) is 0 Å². The van der Waals surface area contributed by atoms with Crippen LogP contribution >= 0.6 is 7.82 Å². The van der Waals surface area contributed by atoms with Crippen LogP contribution in [0.15, 0.2) is 122 Å². The number of phosphoric acid groups is 1. The molecule has 0 radical (unpaired) electrons. The van der Waals surface area contributed by atoms with Crippen LogP contribution in [0, 0.1) is 0 Å². The summed E-state index contributed by atoms with van der Waals surface area (Å²) in [6.45, 7) is 3.32. The lowest BCUT2D eigenvalue weighted by atomic mass is 10.2. The molecule has 2 unspecified atom stereocenters. The van der Waals surface area contributed by atoms with Crippen molar-refractivity contribution in [3.63, 3.8) is 0 Å². The zero-order valence-corrected chi connectivity index (χ0v) is 34.5. The van der Waals surface area contributed by atoms with Crippen molar-refractivity contribution < 1.29 is 37.6 Å². The van der Waals surface area contributed by atoms with E-state index in [0.29, 0.717) is 12.8 Å². The Morgan fingerprint density at radius 3 is 1.40 bits per heavy atom. The van der Waals surface area contributed by atoms with E-state index in [2.05, 4.69) is 123 Å². The number of nitrogens with two attached hydrogens (primary N) is 1. The number of carbonyl (C=O) groups excluding carboxylic acids is 2. The van der Waals surface area contributed by atoms with Gasteiger partial charge < -0.3 is 20.1 Å². The van der Waals surface area contributed by atoms with Crippen LogP contribution in [-0.2, 0) is 32.7 Å². The van der Waals surface area contributed by atoms with Crippen LogP contribution in [-0.4, -0.2) is 49.3 Å². The first-order valence-corrected chi connectivity index (χ1v) is 21.5. The topological polar surface area (TPSA) is 134 Å².